The molecule has 0 aromatic carbocycles. The molecule has 2 aromatic rings. The maximum absolute atomic E-state index is 12.7. The van der Waals surface area contributed by atoms with E-state index in [4.69, 9.17) is 0 Å². The second kappa shape index (κ2) is 5.64. The fourth-order valence-electron chi connectivity index (χ4n) is 2.72. The zero-order valence-electron chi connectivity index (χ0n) is 12.6. The monoisotopic (exact) mass is 329 g/mol. The van der Waals surface area contributed by atoms with Crippen molar-refractivity contribution in [1.29, 1.82) is 0 Å². The van der Waals surface area contributed by atoms with E-state index in [0.717, 1.165) is 12.6 Å². The lowest BCUT2D eigenvalue weighted by Crippen LogP contribution is -2.51. The lowest BCUT2D eigenvalue weighted by Gasteiger charge is -2.30. The van der Waals surface area contributed by atoms with Gasteiger partial charge in [-0.1, -0.05) is 0 Å². The number of alkyl halides is 3. The lowest BCUT2D eigenvalue weighted by atomic mass is 10.1. The van der Waals surface area contributed by atoms with Crippen LogP contribution in [0.5, 0.6) is 0 Å². The van der Waals surface area contributed by atoms with Gasteiger partial charge in [-0.15, -0.1) is 5.10 Å². The van der Waals surface area contributed by atoms with E-state index in [1.54, 1.807) is 27.9 Å². The SMILES string of the molecule is CC(O)(CN1CCC(Nc2ccc3nccn3n2)C1)C(F)(F)F. The third kappa shape index (κ3) is 3.40. The van der Waals surface area contributed by atoms with E-state index in [0.29, 0.717) is 25.3 Å². The summed E-state index contributed by atoms with van der Waals surface area (Å²) >= 11 is 0. The van der Waals surface area contributed by atoms with E-state index in [1.165, 1.54) is 0 Å². The van der Waals surface area contributed by atoms with Crippen LogP contribution in [0.4, 0.5) is 19.0 Å². The highest BCUT2D eigenvalue weighted by Gasteiger charge is 2.51. The Balaban J connectivity index is 1.59. The van der Waals surface area contributed by atoms with E-state index in [-0.39, 0.29) is 6.04 Å². The molecule has 0 radical (unpaired) electrons. The first-order valence-corrected chi connectivity index (χ1v) is 7.33. The average molecular weight is 329 g/mol. The summed E-state index contributed by atoms with van der Waals surface area (Å²) in [5, 5.41) is 17.1. The van der Waals surface area contributed by atoms with Crippen LogP contribution in [-0.4, -0.2) is 62.1 Å². The van der Waals surface area contributed by atoms with Crippen LogP contribution in [0.2, 0.25) is 0 Å². The zero-order chi connectivity index (χ0) is 16.7. The number of rotatable bonds is 4. The number of imidazole rings is 1. The normalized spacial score (nSPS) is 22.4. The number of likely N-dealkylation sites (tertiary alicyclic amines) is 1. The predicted molar refractivity (Wildman–Crippen MR) is 78.1 cm³/mol. The van der Waals surface area contributed by atoms with Crippen molar-refractivity contribution in [3.05, 3.63) is 24.5 Å². The average Bonchev–Trinajstić information content (AvgIpc) is 3.06. The van der Waals surface area contributed by atoms with E-state index >= 15 is 0 Å². The van der Waals surface area contributed by atoms with Gasteiger partial charge in [0.1, 0.15) is 5.82 Å². The molecule has 1 aliphatic rings. The van der Waals surface area contributed by atoms with Gasteiger partial charge in [-0.2, -0.15) is 13.2 Å². The van der Waals surface area contributed by atoms with Crippen LogP contribution in [0.3, 0.4) is 0 Å². The molecule has 9 heteroatoms. The number of fused-ring (bicyclic) bond motifs is 1. The number of aromatic nitrogens is 3. The molecule has 126 valence electrons. The zero-order valence-corrected chi connectivity index (χ0v) is 12.6. The Bertz CT molecular complexity index is 684. The van der Waals surface area contributed by atoms with E-state index in [2.05, 4.69) is 15.4 Å². The molecule has 23 heavy (non-hydrogen) atoms. The van der Waals surface area contributed by atoms with Crippen LogP contribution in [0.15, 0.2) is 24.5 Å². The van der Waals surface area contributed by atoms with Gasteiger partial charge in [-0.25, -0.2) is 9.50 Å². The van der Waals surface area contributed by atoms with Crippen molar-refractivity contribution in [3.63, 3.8) is 0 Å². The molecular formula is C14H18F3N5O. The number of nitrogens with one attached hydrogen (secondary N) is 1. The highest BCUT2D eigenvalue weighted by atomic mass is 19.4. The quantitative estimate of drug-likeness (QED) is 0.890. The first-order valence-electron chi connectivity index (χ1n) is 7.33. The van der Waals surface area contributed by atoms with E-state index in [1.807, 2.05) is 6.07 Å². The Morgan fingerprint density at radius 3 is 2.91 bits per heavy atom. The van der Waals surface area contributed by atoms with Crippen molar-refractivity contribution >= 4 is 11.5 Å². The molecule has 1 saturated heterocycles. The molecule has 0 bridgehead atoms. The molecule has 2 N–H and O–H groups in total. The van der Waals surface area contributed by atoms with Crippen LogP contribution in [0, 0.1) is 0 Å². The highest BCUT2D eigenvalue weighted by Crippen LogP contribution is 2.31. The molecule has 3 heterocycles. The second-order valence-corrected chi connectivity index (χ2v) is 6.09. The summed E-state index contributed by atoms with van der Waals surface area (Å²) in [5.41, 5.74) is -1.97. The molecule has 1 aliphatic heterocycles. The number of hydrogen-bond acceptors (Lipinski definition) is 5. The molecule has 3 rings (SSSR count). The molecule has 1 fully saturated rings. The van der Waals surface area contributed by atoms with Crippen molar-refractivity contribution in [1.82, 2.24) is 19.5 Å². The number of anilines is 1. The molecule has 2 atom stereocenters. The summed E-state index contributed by atoms with van der Waals surface area (Å²) in [7, 11) is 0. The van der Waals surface area contributed by atoms with Crippen LogP contribution in [0.1, 0.15) is 13.3 Å². The Kier molecular flexibility index (Phi) is 3.93. The summed E-state index contributed by atoms with van der Waals surface area (Å²) < 4.78 is 39.8. The van der Waals surface area contributed by atoms with Crippen LogP contribution in [0.25, 0.3) is 5.65 Å². The maximum atomic E-state index is 12.7. The van der Waals surface area contributed by atoms with Crippen LogP contribution < -0.4 is 5.32 Å². The Labute approximate surface area is 130 Å². The van der Waals surface area contributed by atoms with Gasteiger partial charge < -0.3 is 10.4 Å². The molecule has 0 saturated carbocycles. The van der Waals surface area contributed by atoms with E-state index in [9.17, 15) is 18.3 Å². The third-order valence-corrected chi connectivity index (χ3v) is 4.02. The standard InChI is InChI=1S/C14H18F3N5O/c1-13(23,14(15,16)17)9-21-6-4-10(8-21)19-11-2-3-12-18-5-7-22(12)20-11/h2-3,5,7,10,23H,4,6,8-9H2,1H3,(H,19,20). The van der Waals surface area contributed by atoms with Gasteiger partial charge in [0.15, 0.2) is 11.2 Å². The Morgan fingerprint density at radius 2 is 2.17 bits per heavy atom. The fraction of sp³-hybridized carbons (Fsp3) is 0.571. The molecule has 2 aromatic heterocycles. The fourth-order valence-corrected chi connectivity index (χ4v) is 2.72. The van der Waals surface area contributed by atoms with Crippen molar-refractivity contribution in [2.75, 3.05) is 25.0 Å². The molecule has 0 aliphatic carbocycles. The van der Waals surface area contributed by atoms with Gasteiger partial charge in [-0.3, -0.25) is 4.90 Å². The predicted octanol–water partition coefficient (Wildman–Crippen LogP) is 1.53. The van der Waals surface area contributed by atoms with Gasteiger partial charge in [0.2, 0.25) is 0 Å². The molecule has 6 nitrogen and oxygen atoms in total. The lowest BCUT2D eigenvalue weighted by molar-refractivity contribution is -0.256. The van der Waals surface area contributed by atoms with Gasteiger partial charge >= 0.3 is 6.18 Å². The van der Waals surface area contributed by atoms with Crippen LogP contribution >= 0.6 is 0 Å². The number of β-amino-alcohol motifs (C(OH)–C–C–N with tert-alkyl or cyclic N) is 1. The Hall–Kier alpha value is -1.87. The number of aliphatic hydroxyl groups is 1. The second-order valence-electron chi connectivity index (χ2n) is 6.09. The van der Waals surface area contributed by atoms with Crippen molar-refractivity contribution < 1.29 is 18.3 Å². The third-order valence-electron chi connectivity index (χ3n) is 4.02. The summed E-state index contributed by atoms with van der Waals surface area (Å²) in [6.07, 6.45) is -0.575. The van der Waals surface area contributed by atoms with Gasteiger partial charge in [0.05, 0.1) is 0 Å². The van der Waals surface area contributed by atoms with Crippen molar-refractivity contribution in [3.8, 4) is 0 Å². The van der Waals surface area contributed by atoms with Crippen LogP contribution in [-0.2, 0) is 0 Å². The Morgan fingerprint density at radius 1 is 1.39 bits per heavy atom. The van der Waals surface area contributed by atoms with Crippen molar-refractivity contribution in [2.24, 2.45) is 0 Å². The number of halogens is 3. The summed E-state index contributed by atoms with van der Waals surface area (Å²) in [6.45, 7) is 1.30. The topological polar surface area (TPSA) is 65.7 Å². The van der Waals surface area contributed by atoms with Gasteiger partial charge in [0.25, 0.3) is 0 Å². The largest absolute Gasteiger partial charge is 0.418 e. The number of hydrogen-bond donors (Lipinski definition) is 2. The molecule has 2 unspecified atom stereocenters. The smallest absolute Gasteiger partial charge is 0.380 e. The van der Waals surface area contributed by atoms with Crippen molar-refractivity contribution in [2.45, 2.75) is 31.2 Å². The van der Waals surface area contributed by atoms with Gasteiger partial charge in [-0.05, 0) is 25.5 Å². The number of nitrogens with zero attached hydrogens (tertiary/aromatic N) is 4. The summed E-state index contributed by atoms with van der Waals surface area (Å²) in [4.78, 5) is 5.71. The minimum atomic E-state index is -4.63. The minimum Gasteiger partial charge on any atom is -0.380 e. The molecular weight excluding hydrogens is 311 g/mol. The molecule has 0 spiro atoms. The first kappa shape index (κ1) is 16.0. The first-order chi connectivity index (χ1) is 10.7. The molecule has 0 amide bonds. The summed E-state index contributed by atoms with van der Waals surface area (Å²) in [5.74, 6) is 0.643. The minimum absolute atomic E-state index is 0.00694. The van der Waals surface area contributed by atoms with E-state index < -0.39 is 18.3 Å². The highest BCUT2D eigenvalue weighted by molar-refractivity contribution is 5.44. The summed E-state index contributed by atoms with van der Waals surface area (Å²) in [6, 6.07) is 3.60. The maximum Gasteiger partial charge on any atom is 0.418 e. The van der Waals surface area contributed by atoms with Gasteiger partial charge in [0, 0.05) is 38.1 Å².